The summed E-state index contributed by atoms with van der Waals surface area (Å²) in [5, 5.41) is 0. The van der Waals surface area contributed by atoms with Gasteiger partial charge in [-0.1, -0.05) is 41.3 Å². The number of rotatable bonds is 5. The third-order valence-electron chi connectivity index (χ3n) is 6.83. The van der Waals surface area contributed by atoms with Gasteiger partial charge < -0.3 is 9.72 Å². The zero-order chi connectivity index (χ0) is 22.8. The number of hydrogen-bond acceptors (Lipinski definition) is 5. The Morgan fingerprint density at radius 1 is 1.18 bits per heavy atom. The van der Waals surface area contributed by atoms with Crippen molar-refractivity contribution in [3.05, 3.63) is 74.0 Å². The number of ether oxygens (including phenoxy) is 1. The summed E-state index contributed by atoms with van der Waals surface area (Å²) in [6.07, 6.45) is 8.79. The summed E-state index contributed by atoms with van der Waals surface area (Å²) < 4.78 is 6.48. The number of H-pyrrole nitrogens is 1. The molecule has 7 heteroatoms. The molecule has 172 valence electrons. The predicted molar refractivity (Wildman–Crippen MR) is 132 cm³/mol. The molecule has 2 aromatic heterocycles. The predicted octanol–water partition coefficient (Wildman–Crippen LogP) is 5.21. The van der Waals surface area contributed by atoms with Gasteiger partial charge in [0.1, 0.15) is 11.6 Å². The van der Waals surface area contributed by atoms with Gasteiger partial charge in [-0.15, -0.1) is 0 Å². The first-order chi connectivity index (χ1) is 16.1. The van der Waals surface area contributed by atoms with Gasteiger partial charge in [-0.2, -0.15) is 0 Å². The lowest BCUT2D eigenvalue weighted by Crippen LogP contribution is -2.36. The van der Waals surface area contributed by atoms with E-state index in [4.69, 9.17) is 9.72 Å². The van der Waals surface area contributed by atoms with Crippen molar-refractivity contribution in [2.75, 3.05) is 13.7 Å². The van der Waals surface area contributed by atoms with Crippen LogP contribution in [0.1, 0.15) is 60.7 Å². The quantitative estimate of drug-likeness (QED) is 0.512. The van der Waals surface area contributed by atoms with Crippen LogP contribution < -0.4 is 10.3 Å². The zero-order valence-corrected chi connectivity index (χ0v) is 20.5. The Bertz CT molecular complexity index is 1190. The third kappa shape index (κ3) is 4.89. The molecule has 6 nitrogen and oxygen atoms in total. The summed E-state index contributed by atoms with van der Waals surface area (Å²) in [5.74, 6) is 2.13. The van der Waals surface area contributed by atoms with Crippen LogP contribution in [0.2, 0.25) is 0 Å². The van der Waals surface area contributed by atoms with Crippen LogP contribution in [0.4, 0.5) is 0 Å². The van der Waals surface area contributed by atoms with Crippen LogP contribution in [0.15, 0.2) is 45.8 Å². The molecule has 0 spiro atoms. The van der Waals surface area contributed by atoms with Crippen LogP contribution in [0, 0.1) is 0 Å². The van der Waals surface area contributed by atoms with E-state index in [-0.39, 0.29) is 5.56 Å². The van der Waals surface area contributed by atoms with Gasteiger partial charge in [0.15, 0.2) is 0 Å². The molecule has 1 N–H and O–H groups in total. The average Bonchev–Trinajstić information content (AvgIpc) is 2.85. The minimum Gasteiger partial charge on any atom is -0.496 e. The van der Waals surface area contributed by atoms with Crippen molar-refractivity contribution < 1.29 is 4.74 Å². The molecular formula is C26H29BrN4O2. The normalized spacial score (nSPS) is 17.0. The Morgan fingerprint density at radius 3 is 2.79 bits per heavy atom. The highest BCUT2D eigenvalue weighted by Crippen LogP contribution is 2.32. The van der Waals surface area contributed by atoms with Gasteiger partial charge in [0, 0.05) is 48.2 Å². The smallest absolute Gasteiger partial charge is 0.255 e. The second kappa shape index (κ2) is 9.77. The number of aromatic amines is 1. The van der Waals surface area contributed by atoms with E-state index in [2.05, 4.69) is 36.9 Å². The van der Waals surface area contributed by atoms with E-state index in [1.54, 1.807) is 7.11 Å². The lowest BCUT2D eigenvalue weighted by atomic mass is 9.88. The molecule has 1 fully saturated rings. The summed E-state index contributed by atoms with van der Waals surface area (Å²) in [6.45, 7) is 2.28. The fraction of sp³-hybridized carbons (Fsp3) is 0.423. The van der Waals surface area contributed by atoms with E-state index in [0.717, 1.165) is 76.5 Å². The van der Waals surface area contributed by atoms with E-state index < -0.39 is 0 Å². The van der Waals surface area contributed by atoms with Crippen molar-refractivity contribution in [2.24, 2.45) is 0 Å². The first-order valence-electron chi connectivity index (χ1n) is 11.7. The van der Waals surface area contributed by atoms with Crippen molar-refractivity contribution in [1.29, 1.82) is 0 Å². The van der Waals surface area contributed by atoms with Crippen molar-refractivity contribution in [3.63, 3.8) is 0 Å². The maximum atomic E-state index is 12.9. The first-order valence-corrected chi connectivity index (χ1v) is 12.5. The lowest BCUT2D eigenvalue weighted by Gasteiger charge is -2.29. The van der Waals surface area contributed by atoms with Crippen LogP contribution in [0.5, 0.6) is 5.75 Å². The molecule has 0 saturated heterocycles. The van der Waals surface area contributed by atoms with E-state index in [9.17, 15) is 4.79 Å². The summed E-state index contributed by atoms with van der Waals surface area (Å²) in [6, 6.07) is 10.0. The Morgan fingerprint density at radius 2 is 2.03 bits per heavy atom. The summed E-state index contributed by atoms with van der Waals surface area (Å²) in [5.41, 5.74) is 4.81. The lowest BCUT2D eigenvalue weighted by molar-refractivity contribution is 0.240. The van der Waals surface area contributed by atoms with Gasteiger partial charge in [-0.25, -0.2) is 4.98 Å². The van der Waals surface area contributed by atoms with Gasteiger partial charge in [-0.3, -0.25) is 14.7 Å². The number of hydrogen-bond donors (Lipinski definition) is 1. The molecule has 0 unspecified atom stereocenters. The molecule has 3 heterocycles. The highest BCUT2D eigenvalue weighted by molar-refractivity contribution is 9.10. The number of pyridine rings is 1. The second-order valence-electron chi connectivity index (χ2n) is 9.07. The van der Waals surface area contributed by atoms with E-state index in [0.29, 0.717) is 12.5 Å². The highest BCUT2D eigenvalue weighted by atomic mass is 79.9. The SMILES string of the molecule is COc1ccc(Br)cc1-c1ccc(CN2CCc3nc(C4CCCCC4)[nH]c(=O)c3C2)cn1. The molecule has 33 heavy (non-hydrogen) atoms. The monoisotopic (exact) mass is 508 g/mol. The van der Waals surface area contributed by atoms with Gasteiger partial charge >= 0.3 is 0 Å². The Balaban J connectivity index is 1.29. The molecular weight excluding hydrogens is 480 g/mol. The molecule has 1 aromatic carbocycles. The van der Waals surface area contributed by atoms with E-state index in [1.165, 1.54) is 19.3 Å². The van der Waals surface area contributed by atoms with Crippen LogP contribution in [-0.4, -0.2) is 33.5 Å². The first kappa shape index (κ1) is 22.3. The van der Waals surface area contributed by atoms with Gasteiger partial charge in [0.2, 0.25) is 0 Å². The van der Waals surface area contributed by atoms with Crippen LogP contribution in [0.25, 0.3) is 11.3 Å². The van der Waals surface area contributed by atoms with Crippen molar-refractivity contribution in [1.82, 2.24) is 19.9 Å². The topological polar surface area (TPSA) is 71.1 Å². The molecule has 5 rings (SSSR count). The molecule has 0 amide bonds. The summed E-state index contributed by atoms with van der Waals surface area (Å²) >= 11 is 3.53. The van der Waals surface area contributed by atoms with Crippen LogP contribution >= 0.6 is 15.9 Å². The average molecular weight is 509 g/mol. The maximum Gasteiger partial charge on any atom is 0.255 e. The maximum absolute atomic E-state index is 12.9. The number of aromatic nitrogens is 3. The summed E-state index contributed by atoms with van der Waals surface area (Å²) in [7, 11) is 1.67. The number of fused-ring (bicyclic) bond motifs is 1. The molecule has 1 aliphatic carbocycles. The standard InChI is InChI=1S/C26H29BrN4O2/c1-33-24-10-8-19(27)13-20(24)22-9-7-17(14-28-22)15-31-12-11-23-21(16-31)26(32)30-25(29-23)18-5-3-2-4-6-18/h7-10,13-14,18H,2-6,11-12,15-16H2,1H3,(H,29,30,32). The summed E-state index contributed by atoms with van der Waals surface area (Å²) in [4.78, 5) is 27.9. The van der Waals surface area contributed by atoms with Crippen LogP contribution in [0.3, 0.4) is 0 Å². The molecule has 0 atom stereocenters. The van der Waals surface area contributed by atoms with Gasteiger partial charge in [0.25, 0.3) is 5.56 Å². The Labute approximate surface area is 202 Å². The Kier molecular flexibility index (Phi) is 6.60. The third-order valence-corrected chi connectivity index (χ3v) is 7.32. The van der Waals surface area contributed by atoms with Gasteiger partial charge in [-0.05, 0) is 42.7 Å². The molecule has 0 radical (unpaired) electrons. The zero-order valence-electron chi connectivity index (χ0n) is 18.9. The fourth-order valence-corrected chi connectivity index (χ4v) is 5.38. The van der Waals surface area contributed by atoms with E-state index >= 15 is 0 Å². The molecule has 1 aliphatic heterocycles. The molecule has 3 aromatic rings. The molecule has 1 saturated carbocycles. The van der Waals surface area contributed by atoms with Crippen molar-refractivity contribution in [3.8, 4) is 17.0 Å². The van der Waals surface area contributed by atoms with Crippen molar-refractivity contribution >= 4 is 15.9 Å². The largest absolute Gasteiger partial charge is 0.496 e. The highest BCUT2D eigenvalue weighted by Gasteiger charge is 2.24. The number of benzene rings is 1. The number of methoxy groups -OCH3 is 1. The minimum atomic E-state index is 0.0421. The molecule has 2 aliphatic rings. The Hall–Kier alpha value is -2.51. The minimum absolute atomic E-state index is 0.0421. The fourth-order valence-electron chi connectivity index (χ4n) is 5.02. The van der Waals surface area contributed by atoms with E-state index in [1.807, 2.05) is 30.5 Å². The number of halogens is 1. The number of nitrogens with one attached hydrogen (secondary N) is 1. The van der Waals surface area contributed by atoms with Gasteiger partial charge in [0.05, 0.1) is 24.1 Å². The molecule has 0 bridgehead atoms. The van der Waals surface area contributed by atoms with Crippen LogP contribution in [-0.2, 0) is 19.5 Å². The second-order valence-corrected chi connectivity index (χ2v) is 9.98. The number of nitrogens with zero attached hydrogens (tertiary/aromatic N) is 3. The van der Waals surface area contributed by atoms with Crippen molar-refractivity contribution in [2.45, 2.75) is 57.5 Å².